The van der Waals surface area contributed by atoms with Gasteiger partial charge < -0.3 is 19.2 Å². The van der Waals surface area contributed by atoms with E-state index in [0.29, 0.717) is 13.1 Å². The number of ether oxygens (including phenoxy) is 2. The highest BCUT2D eigenvalue weighted by Gasteiger charge is 2.33. The molecule has 40 heavy (non-hydrogen) atoms. The third-order valence-corrected chi connectivity index (χ3v) is 7.43. The molecule has 2 aromatic carbocycles. The van der Waals surface area contributed by atoms with Crippen LogP contribution in [0, 0.1) is 13.8 Å². The maximum absolute atomic E-state index is 13.0. The van der Waals surface area contributed by atoms with E-state index in [0.717, 1.165) is 45.2 Å². The first-order valence-electron chi connectivity index (χ1n) is 13.5. The van der Waals surface area contributed by atoms with Gasteiger partial charge in [0.25, 0.3) is 0 Å². The summed E-state index contributed by atoms with van der Waals surface area (Å²) in [6.07, 6.45) is 2.40. The van der Waals surface area contributed by atoms with Gasteiger partial charge in [0, 0.05) is 17.1 Å². The van der Waals surface area contributed by atoms with E-state index in [-0.39, 0.29) is 18.4 Å². The molecule has 0 aliphatic heterocycles. The molecule has 0 radical (unpaired) electrons. The third kappa shape index (κ3) is 9.45. The lowest BCUT2D eigenvalue weighted by Crippen LogP contribution is -2.36. The van der Waals surface area contributed by atoms with Crippen LogP contribution in [-0.4, -0.2) is 47.3 Å². The lowest BCUT2D eigenvalue weighted by molar-refractivity contribution is -0.156. The van der Waals surface area contributed by atoms with Gasteiger partial charge in [0.1, 0.15) is 21.9 Å². The molecular weight excluding hydrogens is 524 g/mol. The van der Waals surface area contributed by atoms with Crippen LogP contribution in [0.4, 0.5) is 5.69 Å². The number of carbonyl (C=O) groups excluding carboxylic acids is 2. The highest BCUT2D eigenvalue weighted by atomic mass is 32.2. The van der Waals surface area contributed by atoms with Crippen molar-refractivity contribution in [1.82, 2.24) is 4.90 Å². The number of benzene rings is 2. The molecule has 0 fully saturated rings. The summed E-state index contributed by atoms with van der Waals surface area (Å²) >= 11 is 1.49. The smallest absolute Gasteiger partial charge is 0.322 e. The Morgan fingerprint density at radius 3 is 2.30 bits per heavy atom. The lowest BCUT2D eigenvalue weighted by Gasteiger charge is -2.28. The van der Waals surface area contributed by atoms with Gasteiger partial charge in [-0.25, -0.2) is 0 Å². The molecule has 1 aromatic heterocycles. The average molecular weight is 567 g/mol. The molecule has 1 N–H and O–H groups in total. The Hall–Kier alpha value is -3.23. The monoisotopic (exact) mass is 566 g/mol. The van der Waals surface area contributed by atoms with Crippen LogP contribution in [0.3, 0.4) is 0 Å². The number of carbonyl (C=O) groups is 2. The molecule has 8 heteroatoms. The summed E-state index contributed by atoms with van der Waals surface area (Å²) in [4.78, 5) is 28.8. The summed E-state index contributed by atoms with van der Waals surface area (Å²) in [6, 6.07) is 15.8. The van der Waals surface area contributed by atoms with Gasteiger partial charge in [-0.1, -0.05) is 12.1 Å². The Morgan fingerprint density at radius 2 is 1.70 bits per heavy atom. The molecule has 7 nitrogen and oxygen atoms in total. The van der Waals surface area contributed by atoms with E-state index in [9.17, 15) is 9.59 Å². The van der Waals surface area contributed by atoms with Crippen molar-refractivity contribution in [3.63, 3.8) is 0 Å². The first kappa shape index (κ1) is 31.3. The number of methoxy groups -OCH3 is 1. The second-order valence-corrected chi connectivity index (χ2v) is 13.2. The molecule has 0 atom stereocenters. The number of nitrogens with one attached hydrogen (secondary N) is 1. The fourth-order valence-corrected chi connectivity index (χ4v) is 5.11. The molecule has 1 amide bonds. The second kappa shape index (κ2) is 13.4. The van der Waals surface area contributed by atoms with Crippen molar-refractivity contribution < 1.29 is 23.5 Å². The molecule has 0 aliphatic carbocycles. The Balaban J connectivity index is 1.63. The minimum absolute atomic E-state index is 0.0876. The number of esters is 1. The molecule has 3 rings (SSSR count). The van der Waals surface area contributed by atoms with Crippen molar-refractivity contribution >= 4 is 29.3 Å². The van der Waals surface area contributed by atoms with Crippen LogP contribution in [-0.2, 0) is 27.3 Å². The summed E-state index contributed by atoms with van der Waals surface area (Å²) in [7, 11) is 1.64. The van der Waals surface area contributed by atoms with Gasteiger partial charge >= 0.3 is 5.97 Å². The van der Waals surface area contributed by atoms with E-state index in [1.807, 2.05) is 84.9 Å². The van der Waals surface area contributed by atoms with E-state index in [4.69, 9.17) is 13.9 Å². The van der Waals surface area contributed by atoms with E-state index < -0.39 is 10.3 Å². The van der Waals surface area contributed by atoms with Gasteiger partial charge in [-0.3, -0.25) is 14.5 Å². The summed E-state index contributed by atoms with van der Waals surface area (Å²) < 4.78 is 15.8. The molecule has 1 heterocycles. The Kier molecular flexibility index (Phi) is 10.5. The fourth-order valence-electron chi connectivity index (χ4n) is 4.12. The van der Waals surface area contributed by atoms with Gasteiger partial charge in [0.15, 0.2) is 0 Å². The SMILES string of the molecule is COc1cc(C)c(NC(=O)CN(CCc2ccc(SC(C)(C)C(=O)OC(C)(C)C)cc2)Cc2ccco2)cc1C. The molecule has 3 aromatic rings. The van der Waals surface area contributed by atoms with E-state index >= 15 is 0 Å². The highest BCUT2D eigenvalue weighted by molar-refractivity contribution is 8.01. The van der Waals surface area contributed by atoms with E-state index in [2.05, 4.69) is 22.3 Å². The van der Waals surface area contributed by atoms with Crippen LogP contribution in [0.25, 0.3) is 0 Å². The lowest BCUT2D eigenvalue weighted by atomic mass is 10.1. The molecular formula is C32H42N2O5S. The zero-order chi connectivity index (χ0) is 29.5. The van der Waals surface area contributed by atoms with E-state index in [1.165, 1.54) is 11.8 Å². The molecule has 0 saturated carbocycles. The van der Waals surface area contributed by atoms with Crippen LogP contribution >= 0.6 is 11.8 Å². The number of aryl methyl sites for hydroxylation is 2. The molecule has 0 unspecified atom stereocenters. The number of rotatable bonds is 12. The van der Waals surface area contributed by atoms with Crippen LogP contribution in [0.2, 0.25) is 0 Å². The third-order valence-electron chi connectivity index (χ3n) is 6.25. The summed E-state index contributed by atoms with van der Waals surface area (Å²) in [5.41, 5.74) is 3.31. The van der Waals surface area contributed by atoms with Crippen LogP contribution in [0.5, 0.6) is 5.75 Å². The minimum atomic E-state index is -0.706. The number of hydrogen-bond donors (Lipinski definition) is 1. The first-order valence-corrected chi connectivity index (χ1v) is 14.3. The van der Waals surface area contributed by atoms with Crippen LogP contribution in [0.15, 0.2) is 64.1 Å². The second-order valence-electron chi connectivity index (χ2n) is 11.5. The Labute approximate surface area is 242 Å². The number of thioether (sulfide) groups is 1. The van der Waals surface area contributed by atoms with Gasteiger partial charge in [-0.15, -0.1) is 11.8 Å². The van der Waals surface area contributed by atoms with E-state index in [1.54, 1.807) is 13.4 Å². The quantitative estimate of drug-likeness (QED) is 0.191. The number of amides is 1. The van der Waals surface area contributed by atoms with Crippen molar-refractivity contribution in [3.05, 3.63) is 77.2 Å². The topological polar surface area (TPSA) is 81.0 Å². The normalized spacial score (nSPS) is 11.9. The first-order chi connectivity index (χ1) is 18.8. The standard InChI is InChI=1S/C32H42N2O5S/c1-22-19-28(37-8)23(2)18-27(22)33-29(35)21-34(20-25-10-9-17-38-25)16-15-24-11-13-26(14-12-24)40-32(6,7)30(36)39-31(3,4)5/h9-14,17-19H,15-16,20-21H2,1-8H3,(H,33,35). The minimum Gasteiger partial charge on any atom is -0.496 e. The van der Waals surface area contributed by atoms with Gasteiger partial charge in [0.2, 0.25) is 5.91 Å². The zero-order valence-electron chi connectivity index (χ0n) is 24.9. The average Bonchev–Trinajstić information content (AvgIpc) is 3.37. The molecule has 216 valence electrons. The molecule has 0 aliphatic rings. The van der Waals surface area contributed by atoms with Gasteiger partial charge in [-0.2, -0.15) is 0 Å². The number of nitrogens with zero attached hydrogens (tertiary/aromatic N) is 1. The predicted molar refractivity (Wildman–Crippen MR) is 161 cm³/mol. The van der Waals surface area contributed by atoms with Crippen molar-refractivity contribution in [3.8, 4) is 5.75 Å². The van der Waals surface area contributed by atoms with Crippen molar-refractivity contribution in [1.29, 1.82) is 0 Å². The van der Waals surface area contributed by atoms with Crippen LogP contribution in [0.1, 0.15) is 57.1 Å². The Bertz CT molecular complexity index is 1280. The van der Waals surface area contributed by atoms with Gasteiger partial charge in [0.05, 0.1) is 26.5 Å². The summed E-state index contributed by atoms with van der Waals surface area (Å²) in [5.74, 6) is 1.28. The summed E-state index contributed by atoms with van der Waals surface area (Å²) in [6.45, 7) is 14.7. The molecule has 0 bridgehead atoms. The number of furan rings is 1. The van der Waals surface area contributed by atoms with Crippen molar-refractivity contribution in [2.45, 2.75) is 76.7 Å². The van der Waals surface area contributed by atoms with Gasteiger partial charge in [-0.05, 0) is 108 Å². The Morgan fingerprint density at radius 1 is 1.00 bits per heavy atom. The summed E-state index contributed by atoms with van der Waals surface area (Å²) in [5, 5.41) is 3.06. The highest BCUT2D eigenvalue weighted by Crippen LogP contribution is 2.34. The fraction of sp³-hybridized carbons (Fsp3) is 0.438. The largest absolute Gasteiger partial charge is 0.496 e. The number of hydrogen-bond acceptors (Lipinski definition) is 7. The molecule has 0 saturated heterocycles. The van der Waals surface area contributed by atoms with Crippen LogP contribution < -0.4 is 10.1 Å². The molecule has 0 spiro atoms. The maximum atomic E-state index is 13.0. The van der Waals surface area contributed by atoms with Crippen molar-refractivity contribution in [2.75, 3.05) is 25.5 Å². The maximum Gasteiger partial charge on any atom is 0.322 e. The number of anilines is 1. The van der Waals surface area contributed by atoms with Crippen molar-refractivity contribution in [2.24, 2.45) is 0 Å². The predicted octanol–water partition coefficient (Wildman–Crippen LogP) is 6.80. The zero-order valence-corrected chi connectivity index (χ0v) is 25.7.